The standard InChI is InChI=1S/C23H32N2O12/c24-12(5-10-6-25-13-4-2-1-3-11(10)13)21(33)34-9-23(20(32)17(29)15(8-27)36-23)37-22-19(31)18(30)16(28)14(7-26)35-22/h1-4,6,12,14-20,22,25-32H,5,7-9,24H2/t12-,14+,15+,16+,17+,18-,19+,20-,22+,23-/m0/s1. The van der Waals surface area contributed by atoms with Gasteiger partial charge < -0.3 is 65.4 Å². The Morgan fingerprint density at radius 2 is 1.73 bits per heavy atom. The summed E-state index contributed by atoms with van der Waals surface area (Å²) in [5, 5.41) is 71.2. The minimum Gasteiger partial charge on any atom is -0.459 e. The molecule has 2 aromatic rings. The normalized spacial score (nSPS) is 37.1. The van der Waals surface area contributed by atoms with Gasteiger partial charge in [0.2, 0.25) is 5.79 Å². The molecule has 2 saturated heterocycles. The first-order valence-electron chi connectivity index (χ1n) is 11.7. The zero-order valence-corrected chi connectivity index (χ0v) is 19.7. The average Bonchev–Trinajstić information content (AvgIpc) is 3.41. The van der Waals surface area contributed by atoms with Gasteiger partial charge in [0.1, 0.15) is 55.4 Å². The Balaban J connectivity index is 1.49. The molecule has 14 nitrogen and oxygen atoms in total. The molecule has 10 atom stereocenters. The maximum absolute atomic E-state index is 12.7. The van der Waals surface area contributed by atoms with Gasteiger partial charge in [0.25, 0.3) is 0 Å². The number of carbonyl (C=O) groups is 1. The van der Waals surface area contributed by atoms with Gasteiger partial charge in [-0.1, -0.05) is 18.2 Å². The number of carbonyl (C=O) groups excluding carboxylic acids is 1. The van der Waals surface area contributed by atoms with Gasteiger partial charge in [0, 0.05) is 23.5 Å². The molecule has 0 spiro atoms. The van der Waals surface area contributed by atoms with Crippen LogP contribution >= 0.6 is 0 Å². The van der Waals surface area contributed by atoms with Gasteiger partial charge >= 0.3 is 5.97 Å². The van der Waals surface area contributed by atoms with Crippen LogP contribution in [0.15, 0.2) is 30.5 Å². The number of H-pyrrole nitrogens is 1. The number of ether oxygens (including phenoxy) is 4. The highest BCUT2D eigenvalue weighted by molar-refractivity contribution is 5.84. The number of benzene rings is 1. The Morgan fingerprint density at radius 3 is 2.41 bits per heavy atom. The average molecular weight is 529 g/mol. The van der Waals surface area contributed by atoms with Crippen LogP contribution in [-0.4, -0.2) is 127 Å². The molecule has 1 aromatic carbocycles. The van der Waals surface area contributed by atoms with Gasteiger partial charge in [0.15, 0.2) is 6.29 Å². The molecule has 1 aromatic heterocycles. The third-order valence-corrected chi connectivity index (χ3v) is 6.68. The minimum atomic E-state index is -2.36. The molecule has 10 N–H and O–H groups in total. The van der Waals surface area contributed by atoms with Crippen molar-refractivity contribution in [3.8, 4) is 0 Å². The van der Waals surface area contributed by atoms with E-state index in [0.29, 0.717) is 0 Å². The first kappa shape index (κ1) is 27.8. The fraction of sp³-hybridized carbons (Fsp3) is 0.609. The largest absolute Gasteiger partial charge is 0.459 e. The maximum atomic E-state index is 12.7. The third kappa shape index (κ3) is 5.36. The van der Waals surface area contributed by atoms with Gasteiger partial charge in [-0.3, -0.25) is 4.79 Å². The summed E-state index contributed by atoms with van der Waals surface area (Å²) in [4.78, 5) is 15.8. The second-order valence-corrected chi connectivity index (χ2v) is 9.18. The number of aliphatic hydroxyl groups excluding tert-OH is 7. The van der Waals surface area contributed by atoms with Crippen LogP contribution in [0.4, 0.5) is 0 Å². The second kappa shape index (κ2) is 11.3. The van der Waals surface area contributed by atoms with E-state index in [4.69, 9.17) is 24.7 Å². The van der Waals surface area contributed by atoms with E-state index in [9.17, 15) is 40.5 Å². The molecular formula is C23H32N2O12. The molecule has 14 heteroatoms. The van der Waals surface area contributed by atoms with Crippen LogP contribution in [0.1, 0.15) is 5.56 Å². The first-order chi connectivity index (χ1) is 17.6. The van der Waals surface area contributed by atoms with E-state index in [1.165, 1.54) is 0 Å². The number of rotatable bonds is 9. The number of hydrogen-bond acceptors (Lipinski definition) is 13. The molecule has 0 unspecified atom stereocenters. The second-order valence-electron chi connectivity index (χ2n) is 9.18. The van der Waals surface area contributed by atoms with Crippen LogP contribution in [0.3, 0.4) is 0 Å². The van der Waals surface area contributed by atoms with Crippen molar-refractivity contribution in [3.05, 3.63) is 36.0 Å². The molecule has 2 aliphatic rings. The van der Waals surface area contributed by atoms with E-state index in [1.807, 2.05) is 24.3 Å². The highest BCUT2D eigenvalue weighted by Gasteiger charge is 2.59. The number of fused-ring (bicyclic) bond motifs is 1. The van der Waals surface area contributed by atoms with Crippen molar-refractivity contribution < 1.29 is 59.5 Å². The molecule has 0 radical (unpaired) electrons. The van der Waals surface area contributed by atoms with Crippen LogP contribution in [0.2, 0.25) is 0 Å². The summed E-state index contributed by atoms with van der Waals surface area (Å²) in [5.74, 6) is -3.27. The maximum Gasteiger partial charge on any atom is 0.323 e. The lowest BCUT2D eigenvalue weighted by Gasteiger charge is -2.43. The molecule has 0 aliphatic carbocycles. The Labute approximate surface area is 210 Å². The summed E-state index contributed by atoms with van der Waals surface area (Å²) in [6, 6.07) is 6.28. The monoisotopic (exact) mass is 528 g/mol. The summed E-state index contributed by atoms with van der Waals surface area (Å²) >= 11 is 0. The van der Waals surface area contributed by atoms with Crippen LogP contribution in [0.5, 0.6) is 0 Å². The highest BCUT2D eigenvalue weighted by atomic mass is 16.8. The molecule has 0 amide bonds. The van der Waals surface area contributed by atoms with Crippen molar-refractivity contribution in [2.24, 2.45) is 5.73 Å². The number of hydrogen-bond donors (Lipinski definition) is 9. The van der Waals surface area contributed by atoms with Crippen molar-refractivity contribution in [3.63, 3.8) is 0 Å². The summed E-state index contributed by atoms with van der Waals surface area (Å²) in [5.41, 5.74) is 7.67. The highest BCUT2D eigenvalue weighted by Crippen LogP contribution is 2.36. The molecule has 0 saturated carbocycles. The van der Waals surface area contributed by atoms with Gasteiger partial charge in [-0.25, -0.2) is 0 Å². The number of esters is 1. The van der Waals surface area contributed by atoms with E-state index in [-0.39, 0.29) is 6.42 Å². The van der Waals surface area contributed by atoms with E-state index in [0.717, 1.165) is 16.5 Å². The quantitative estimate of drug-likeness (QED) is 0.142. The van der Waals surface area contributed by atoms with Crippen LogP contribution in [-0.2, 0) is 30.2 Å². The minimum absolute atomic E-state index is 0.106. The molecule has 37 heavy (non-hydrogen) atoms. The lowest BCUT2D eigenvalue weighted by molar-refractivity contribution is -0.383. The number of aliphatic hydroxyl groups is 7. The fourth-order valence-electron chi connectivity index (χ4n) is 4.52. The van der Waals surface area contributed by atoms with Crippen LogP contribution in [0, 0.1) is 0 Å². The smallest absolute Gasteiger partial charge is 0.323 e. The van der Waals surface area contributed by atoms with E-state index in [2.05, 4.69) is 4.98 Å². The van der Waals surface area contributed by atoms with Crippen LogP contribution < -0.4 is 5.73 Å². The Kier molecular flexibility index (Phi) is 8.47. The van der Waals surface area contributed by atoms with Crippen molar-refractivity contribution in [1.82, 2.24) is 4.98 Å². The summed E-state index contributed by atoms with van der Waals surface area (Å²) < 4.78 is 21.7. The van der Waals surface area contributed by atoms with Crippen molar-refractivity contribution >= 4 is 16.9 Å². The molecule has 206 valence electrons. The Bertz CT molecular complexity index is 1070. The predicted molar refractivity (Wildman–Crippen MR) is 122 cm³/mol. The topological polar surface area (TPSA) is 237 Å². The zero-order valence-electron chi connectivity index (χ0n) is 19.7. The van der Waals surface area contributed by atoms with Gasteiger partial charge in [-0.05, 0) is 11.6 Å². The van der Waals surface area contributed by atoms with Crippen molar-refractivity contribution in [2.75, 3.05) is 19.8 Å². The molecule has 3 heterocycles. The summed E-state index contributed by atoms with van der Waals surface area (Å²) in [6.45, 7) is -2.34. The number of para-hydroxylation sites is 1. The molecule has 4 rings (SSSR count). The number of aromatic nitrogens is 1. The van der Waals surface area contributed by atoms with Gasteiger partial charge in [0.05, 0.1) is 13.2 Å². The van der Waals surface area contributed by atoms with E-state index in [1.54, 1.807) is 6.20 Å². The number of aromatic amines is 1. The van der Waals surface area contributed by atoms with Crippen LogP contribution in [0.25, 0.3) is 10.9 Å². The fourth-order valence-corrected chi connectivity index (χ4v) is 4.52. The summed E-state index contributed by atoms with van der Waals surface area (Å²) in [7, 11) is 0. The molecule has 0 bridgehead atoms. The van der Waals surface area contributed by atoms with E-state index < -0.39 is 86.6 Å². The first-order valence-corrected chi connectivity index (χ1v) is 11.7. The van der Waals surface area contributed by atoms with E-state index >= 15 is 0 Å². The molecule has 2 aliphatic heterocycles. The molecule has 2 fully saturated rings. The number of nitrogens with one attached hydrogen (secondary N) is 1. The Hall–Kier alpha value is -2.21. The lowest BCUT2D eigenvalue weighted by atomic mass is 9.99. The van der Waals surface area contributed by atoms with Gasteiger partial charge in [-0.2, -0.15) is 0 Å². The third-order valence-electron chi connectivity index (χ3n) is 6.68. The number of nitrogens with two attached hydrogens (primary N) is 1. The van der Waals surface area contributed by atoms with Crippen molar-refractivity contribution in [2.45, 2.75) is 67.3 Å². The Morgan fingerprint density at radius 1 is 1.03 bits per heavy atom. The lowest BCUT2D eigenvalue weighted by Crippen LogP contribution is -2.63. The summed E-state index contributed by atoms with van der Waals surface area (Å²) in [6.07, 6.45) is -11.6. The zero-order chi connectivity index (χ0) is 26.9. The SMILES string of the molecule is N[C@@H](Cc1c[nH]c2ccccc12)C(=O)OC[C@@]1(O[C@H]2O[C@H](CO)[C@@H](O)[C@H](O)[C@H]2O)O[C@H](CO)[C@@H](O)[C@@H]1O. The predicted octanol–water partition coefficient (Wildman–Crippen LogP) is -3.79. The van der Waals surface area contributed by atoms with Gasteiger partial charge in [-0.15, -0.1) is 0 Å². The molecular weight excluding hydrogens is 496 g/mol. The van der Waals surface area contributed by atoms with Crippen molar-refractivity contribution in [1.29, 1.82) is 0 Å².